The van der Waals surface area contributed by atoms with Crippen molar-refractivity contribution in [3.8, 4) is 0 Å². The number of likely N-dealkylation sites (N-methyl/N-ethyl adjacent to an activating group) is 1. The van der Waals surface area contributed by atoms with Crippen LogP contribution in [0.25, 0.3) is 0 Å². The van der Waals surface area contributed by atoms with Crippen molar-refractivity contribution >= 4 is 0 Å². The normalized spacial score (nSPS) is 17.6. The van der Waals surface area contributed by atoms with Gasteiger partial charge in [0.1, 0.15) is 0 Å². The summed E-state index contributed by atoms with van der Waals surface area (Å²) in [6.45, 7) is 18.0. The Balaban J connectivity index is 2.15. The Kier molecular flexibility index (Phi) is 10.9. The Labute approximate surface area is 143 Å². The van der Waals surface area contributed by atoms with E-state index in [0.717, 1.165) is 26.2 Å². The Morgan fingerprint density at radius 3 is 2.39 bits per heavy atom. The number of hydrogen-bond acceptors (Lipinski definition) is 4. The van der Waals surface area contributed by atoms with E-state index in [1.54, 1.807) is 0 Å². The van der Waals surface area contributed by atoms with E-state index < -0.39 is 0 Å². The lowest BCUT2D eigenvalue weighted by atomic mass is 10.2. The molecule has 0 aromatic carbocycles. The van der Waals surface area contributed by atoms with Crippen molar-refractivity contribution in [2.45, 2.75) is 12.8 Å². The van der Waals surface area contributed by atoms with E-state index in [9.17, 15) is 0 Å². The first-order valence-corrected chi connectivity index (χ1v) is 8.91. The summed E-state index contributed by atoms with van der Waals surface area (Å²) in [5.74, 6) is 0. The molecule has 1 aliphatic heterocycles. The molecule has 1 saturated heterocycles. The molecule has 0 bridgehead atoms. The van der Waals surface area contributed by atoms with Crippen molar-refractivity contribution in [1.29, 1.82) is 0 Å². The van der Waals surface area contributed by atoms with Gasteiger partial charge in [-0.1, -0.05) is 31.4 Å². The second-order valence-corrected chi connectivity index (χ2v) is 6.41. The summed E-state index contributed by atoms with van der Waals surface area (Å²) in [7, 11) is 4.26. The van der Waals surface area contributed by atoms with Gasteiger partial charge in [-0.25, -0.2) is 0 Å². The second-order valence-electron chi connectivity index (χ2n) is 6.41. The van der Waals surface area contributed by atoms with Gasteiger partial charge >= 0.3 is 0 Å². The van der Waals surface area contributed by atoms with Gasteiger partial charge in [0.05, 0.1) is 0 Å². The smallest absolute Gasteiger partial charge is 0.0234 e. The van der Waals surface area contributed by atoms with Crippen molar-refractivity contribution < 1.29 is 0 Å². The SMILES string of the molecule is C=C/C=C(\C=C)CN1CCN(CCN(C)CCCCNC)CC1. The summed E-state index contributed by atoms with van der Waals surface area (Å²) in [6, 6.07) is 0. The minimum absolute atomic E-state index is 0.995. The zero-order valence-electron chi connectivity index (χ0n) is 15.3. The summed E-state index contributed by atoms with van der Waals surface area (Å²) in [6.07, 6.45) is 8.40. The lowest BCUT2D eigenvalue weighted by molar-refractivity contribution is 0.129. The largest absolute Gasteiger partial charge is 0.320 e. The van der Waals surface area contributed by atoms with Crippen LogP contribution in [-0.2, 0) is 0 Å². The monoisotopic (exact) mass is 320 g/mol. The summed E-state index contributed by atoms with van der Waals surface area (Å²) in [5.41, 5.74) is 1.26. The molecule has 0 aromatic heterocycles. The van der Waals surface area contributed by atoms with Crippen molar-refractivity contribution in [2.24, 2.45) is 0 Å². The van der Waals surface area contributed by atoms with Gasteiger partial charge < -0.3 is 10.2 Å². The molecule has 132 valence electrons. The average molecular weight is 321 g/mol. The van der Waals surface area contributed by atoms with Gasteiger partial charge in [0, 0.05) is 45.8 Å². The zero-order chi connectivity index (χ0) is 16.9. The predicted octanol–water partition coefficient (Wildman–Crippen LogP) is 1.83. The quantitative estimate of drug-likeness (QED) is 0.437. The molecule has 0 saturated carbocycles. The molecule has 0 amide bonds. The maximum Gasteiger partial charge on any atom is 0.0234 e. The van der Waals surface area contributed by atoms with Crippen LogP contribution in [0.1, 0.15) is 12.8 Å². The summed E-state index contributed by atoms with van der Waals surface area (Å²) in [4.78, 5) is 7.56. The van der Waals surface area contributed by atoms with Crippen LogP contribution in [0.5, 0.6) is 0 Å². The molecule has 1 heterocycles. The Morgan fingerprint density at radius 2 is 1.78 bits per heavy atom. The first-order chi connectivity index (χ1) is 11.2. The predicted molar refractivity (Wildman–Crippen MR) is 102 cm³/mol. The van der Waals surface area contributed by atoms with Gasteiger partial charge in [-0.2, -0.15) is 0 Å². The third-order valence-corrected chi connectivity index (χ3v) is 4.48. The van der Waals surface area contributed by atoms with Crippen molar-refractivity contribution in [3.63, 3.8) is 0 Å². The van der Waals surface area contributed by atoms with Crippen molar-refractivity contribution in [3.05, 3.63) is 37.0 Å². The number of hydrogen-bond donors (Lipinski definition) is 1. The third-order valence-electron chi connectivity index (χ3n) is 4.48. The average Bonchev–Trinajstić information content (AvgIpc) is 2.57. The van der Waals surface area contributed by atoms with E-state index in [2.05, 4.69) is 46.3 Å². The minimum Gasteiger partial charge on any atom is -0.320 e. The highest BCUT2D eigenvalue weighted by molar-refractivity contribution is 5.22. The number of piperazine rings is 1. The molecule has 1 aliphatic rings. The van der Waals surface area contributed by atoms with E-state index in [-0.39, 0.29) is 0 Å². The highest BCUT2D eigenvalue weighted by Crippen LogP contribution is 2.06. The Bertz CT molecular complexity index is 356. The third kappa shape index (κ3) is 9.06. The van der Waals surface area contributed by atoms with Crippen molar-refractivity contribution in [2.75, 3.05) is 73.0 Å². The van der Waals surface area contributed by atoms with E-state index in [1.165, 1.54) is 51.1 Å². The van der Waals surface area contributed by atoms with Crippen LogP contribution < -0.4 is 5.32 Å². The maximum atomic E-state index is 3.88. The van der Waals surface area contributed by atoms with Crippen molar-refractivity contribution in [1.82, 2.24) is 20.0 Å². The second kappa shape index (κ2) is 12.5. The highest BCUT2D eigenvalue weighted by atomic mass is 15.3. The van der Waals surface area contributed by atoms with Gasteiger partial charge in [-0.05, 0) is 45.6 Å². The molecule has 0 radical (unpaired) electrons. The standard InChI is InChI=1S/C19H36N4/c1-5-9-19(6-2)18-23-16-14-22(15-17-23)13-12-21(4)11-8-7-10-20-3/h5-6,9,20H,1-2,7-8,10-18H2,3-4H3/b19-9+. The number of rotatable bonds is 12. The van der Waals surface area contributed by atoms with Gasteiger partial charge in [-0.15, -0.1) is 0 Å². The molecule has 4 nitrogen and oxygen atoms in total. The first-order valence-electron chi connectivity index (χ1n) is 8.91. The van der Waals surface area contributed by atoms with Crippen LogP contribution in [0.2, 0.25) is 0 Å². The fourth-order valence-electron chi connectivity index (χ4n) is 2.87. The summed E-state index contributed by atoms with van der Waals surface area (Å²) < 4.78 is 0. The van der Waals surface area contributed by atoms with Gasteiger partial charge in [-0.3, -0.25) is 9.80 Å². The molecule has 4 heteroatoms. The zero-order valence-corrected chi connectivity index (χ0v) is 15.3. The minimum atomic E-state index is 0.995. The fourth-order valence-corrected chi connectivity index (χ4v) is 2.87. The molecule has 23 heavy (non-hydrogen) atoms. The molecule has 0 spiro atoms. The van der Waals surface area contributed by atoms with E-state index in [1.807, 2.05) is 19.2 Å². The molecule has 0 aromatic rings. The lowest BCUT2D eigenvalue weighted by Crippen LogP contribution is -2.48. The van der Waals surface area contributed by atoms with E-state index in [0.29, 0.717) is 0 Å². The van der Waals surface area contributed by atoms with Crippen LogP contribution in [-0.4, -0.2) is 87.7 Å². The lowest BCUT2D eigenvalue weighted by Gasteiger charge is -2.35. The van der Waals surface area contributed by atoms with Crippen LogP contribution >= 0.6 is 0 Å². The number of unbranched alkanes of at least 4 members (excludes halogenated alkanes) is 1. The van der Waals surface area contributed by atoms with Gasteiger partial charge in [0.2, 0.25) is 0 Å². The summed E-state index contributed by atoms with van der Waals surface area (Å²) >= 11 is 0. The number of nitrogens with zero attached hydrogens (tertiary/aromatic N) is 3. The summed E-state index contributed by atoms with van der Waals surface area (Å²) in [5, 5.41) is 3.21. The van der Waals surface area contributed by atoms with Gasteiger partial charge in [0.25, 0.3) is 0 Å². The fraction of sp³-hybridized carbons (Fsp3) is 0.684. The first kappa shape index (κ1) is 20.1. The maximum absolute atomic E-state index is 3.88. The van der Waals surface area contributed by atoms with Gasteiger partial charge in [0.15, 0.2) is 0 Å². The highest BCUT2D eigenvalue weighted by Gasteiger charge is 2.17. The van der Waals surface area contributed by atoms with E-state index in [4.69, 9.17) is 0 Å². The topological polar surface area (TPSA) is 21.8 Å². The molecule has 1 fully saturated rings. The Morgan fingerprint density at radius 1 is 1.09 bits per heavy atom. The molecule has 1 rings (SSSR count). The van der Waals surface area contributed by atoms with E-state index >= 15 is 0 Å². The number of allylic oxidation sites excluding steroid dienone is 2. The molecule has 1 N–H and O–H groups in total. The van der Waals surface area contributed by atoms with Crippen LogP contribution in [0.15, 0.2) is 37.0 Å². The molecular formula is C19H36N4. The molecule has 0 aliphatic carbocycles. The number of nitrogens with one attached hydrogen (secondary N) is 1. The molecular weight excluding hydrogens is 284 g/mol. The molecule has 0 unspecified atom stereocenters. The molecule has 0 atom stereocenters. The van der Waals surface area contributed by atoms with Crippen LogP contribution in [0.4, 0.5) is 0 Å². The van der Waals surface area contributed by atoms with Crippen LogP contribution in [0.3, 0.4) is 0 Å². The Hall–Kier alpha value is -0.940. The van der Waals surface area contributed by atoms with Crippen LogP contribution in [0, 0.1) is 0 Å².